The van der Waals surface area contributed by atoms with Gasteiger partial charge in [-0.2, -0.15) is 0 Å². The predicted molar refractivity (Wildman–Crippen MR) is 67.5 cm³/mol. The second kappa shape index (κ2) is 4.13. The van der Waals surface area contributed by atoms with Crippen LogP contribution in [-0.4, -0.2) is 16.4 Å². The van der Waals surface area contributed by atoms with E-state index in [2.05, 4.69) is 31.1 Å². The summed E-state index contributed by atoms with van der Waals surface area (Å²) in [4.78, 5) is 15.9. The summed E-state index contributed by atoms with van der Waals surface area (Å²) in [5.41, 5.74) is 1.18. The van der Waals surface area contributed by atoms with E-state index in [-0.39, 0.29) is 16.9 Å². The Morgan fingerprint density at radius 3 is 2.41 bits per heavy atom. The lowest BCUT2D eigenvalue weighted by Crippen LogP contribution is -2.46. The van der Waals surface area contributed by atoms with E-state index < -0.39 is 0 Å². The molecule has 0 spiro atoms. The molecule has 1 N–H and O–H groups in total. The molecule has 2 rings (SSSR count). The molecule has 92 valence electrons. The topological polar surface area (TPSA) is 42.0 Å². The van der Waals surface area contributed by atoms with Crippen LogP contribution in [0.3, 0.4) is 0 Å². The van der Waals surface area contributed by atoms with Crippen LogP contribution in [0.25, 0.3) is 0 Å². The number of amides is 1. The maximum absolute atomic E-state index is 12.0. The zero-order valence-corrected chi connectivity index (χ0v) is 10.8. The third-order valence-electron chi connectivity index (χ3n) is 3.68. The molecule has 17 heavy (non-hydrogen) atoms. The van der Waals surface area contributed by atoms with Gasteiger partial charge in [0.15, 0.2) is 0 Å². The smallest absolute Gasteiger partial charge is 0.224 e. The Morgan fingerprint density at radius 2 is 1.94 bits per heavy atom. The van der Waals surface area contributed by atoms with Gasteiger partial charge in [-0.05, 0) is 36.0 Å². The number of aromatic nitrogens is 1. The minimum atomic E-state index is 0.0249. The molecule has 0 unspecified atom stereocenters. The van der Waals surface area contributed by atoms with Crippen LogP contribution in [0.2, 0.25) is 0 Å². The van der Waals surface area contributed by atoms with Crippen molar-refractivity contribution in [2.45, 2.75) is 45.6 Å². The minimum Gasteiger partial charge on any atom is -0.350 e. The quantitative estimate of drug-likeness (QED) is 0.869. The van der Waals surface area contributed by atoms with Crippen molar-refractivity contribution in [1.82, 2.24) is 10.3 Å². The first-order valence-electron chi connectivity index (χ1n) is 6.13. The van der Waals surface area contributed by atoms with Gasteiger partial charge in [-0.15, -0.1) is 0 Å². The van der Waals surface area contributed by atoms with Crippen molar-refractivity contribution in [2.24, 2.45) is 5.41 Å². The molecule has 1 heterocycles. The Kier molecular flexibility index (Phi) is 2.94. The standard InChI is InChI=1S/C14H20N2O/c1-13(2,3)14(6-7-14)16-12(17)10-11-4-8-15-9-5-11/h4-5,8-9H,6-7,10H2,1-3H3,(H,16,17). The molecule has 1 aromatic rings. The second-order valence-corrected chi connectivity index (χ2v) is 5.91. The van der Waals surface area contributed by atoms with Gasteiger partial charge in [-0.25, -0.2) is 0 Å². The Bertz CT molecular complexity index is 402. The highest BCUT2D eigenvalue weighted by molar-refractivity contribution is 5.79. The molecule has 0 aromatic carbocycles. The van der Waals surface area contributed by atoms with Gasteiger partial charge >= 0.3 is 0 Å². The van der Waals surface area contributed by atoms with Gasteiger partial charge in [0.05, 0.1) is 6.42 Å². The highest BCUT2D eigenvalue weighted by Crippen LogP contribution is 2.49. The van der Waals surface area contributed by atoms with Gasteiger partial charge < -0.3 is 5.32 Å². The molecule has 0 bridgehead atoms. The second-order valence-electron chi connectivity index (χ2n) is 5.91. The van der Waals surface area contributed by atoms with Crippen LogP contribution in [0.15, 0.2) is 24.5 Å². The summed E-state index contributed by atoms with van der Waals surface area (Å²) in [6.45, 7) is 6.56. The number of hydrogen-bond acceptors (Lipinski definition) is 2. The van der Waals surface area contributed by atoms with Crippen molar-refractivity contribution >= 4 is 5.91 Å². The number of carbonyl (C=O) groups is 1. The Balaban J connectivity index is 1.95. The zero-order chi connectivity index (χ0) is 12.5. The molecule has 1 saturated carbocycles. The lowest BCUT2D eigenvalue weighted by Gasteiger charge is -2.31. The van der Waals surface area contributed by atoms with Gasteiger partial charge in [0, 0.05) is 17.9 Å². The van der Waals surface area contributed by atoms with Gasteiger partial charge in [-0.3, -0.25) is 9.78 Å². The summed E-state index contributed by atoms with van der Waals surface area (Å²) < 4.78 is 0. The van der Waals surface area contributed by atoms with Crippen molar-refractivity contribution in [3.63, 3.8) is 0 Å². The van der Waals surface area contributed by atoms with Crippen LogP contribution >= 0.6 is 0 Å². The first-order chi connectivity index (χ1) is 7.93. The number of hydrogen-bond donors (Lipinski definition) is 1. The minimum absolute atomic E-state index is 0.0249. The maximum Gasteiger partial charge on any atom is 0.224 e. The zero-order valence-electron chi connectivity index (χ0n) is 10.8. The number of nitrogens with zero attached hydrogens (tertiary/aromatic N) is 1. The van der Waals surface area contributed by atoms with Crippen LogP contribution < -0.4 is 5.32 Å². The number of carbonyl (C=O) groups excluding carboxylic acids is 1. The van der Waals surface area contributed by atoms with E-state index in [1.54, 1.807) is 12.4 Å². The van der Waals surface area contributed by atoms with E-state index >= 15 is 0 Å². The maximum atomic E-state index is 12.0. The van der Waals surface area contributed by atoms with E-state index in [0.29, 0.717) is 6.42 Å². The Labute approximate surface area is 103 Å². The summed E-state index contributed by atoms with van der Waals surface area (Å²) in [6, 6.07) is 3.77. The lowest BCUT2D eigenvalue weighted by molar-refractivity contribution is -0.122. The lowest BCUT2D eigenvalue weighted by atomic mass is 9.84. The first-order valence-corrected chi connectivity index (χ1v) is 6.13. The summed E-state index contributed by atoms with van der Waals surface area (Å²) in [6.07, 6.45) is 6.08. The molecule has 3 heteroatoms. The van der Waals surface area contributed by atoms with E-state index in [0.717, 1.165) is 18.4 Å². The molecule has 1 aromatic heterocycles. The molecule has 1 aliphatic carbocycles. The summed E-state index contributed by atoms with van der Waals surface area (Å²) in [5, 5.41) is 3.20. The number of rotatable bonds is 3. The average molecular weight is 232 g/mol. The van der Waals surface area contributed by atoms with Crippen LogP contribution in [-0.2, 0) is 11.2 Å². The summed E-state index contributed by atoms with van der Waals surface area (Å²) in [7, 11) is 0. The van der Waals surface area contributed by atoms with Crippen molar-refractivity contribution in [3.8, 4) is 0 Å². The highest BCUT2D eigenvalue weighted by Gasteiger charge is 2.52. The molecule has 0 radical (unpaired) electrons. The molecule has 1 amide bonds. The Hall–Kier alpha value is -1.38. The molecule has 0 atom stereocenters. The highest BCUT2D eigenvalue weighted by atomic mass is 16.1. The van der Waals surface area contributed by atoms with Crippen molar-refractivity contribution < 1.29 is 4.79 Å². The molecule has 0 aliphatic heterocycles. The summed E-state index contributed by atoms with van der Waals surface area (Å²) >= 11 is 0. The van der Waals surface area contributed by atoms with E-state index in [1.807, 2.05) is 12.1 Å². The van der Waals surface area contributed by atoms with Crippen LogP contribution in [0.1, 0.15) is 39.2 Å². The normalized spacial score (nSPS) is 17.6. The molecule has 1 fully saturated rings. The van der Waals surface area contributed by atoms with Crippen LogP contribution in [0.5, 0.6) is 0 Å². The van der Waals surface area contributed by atoms with Crippen molar-refractivity contribution in [1.29, 1.82) is 0 Å². The van der Waals surface area contributed by atoms with Crippen molar-refractivity contribution in [2.75, 3.05) is 0 Å². The first kappa shape index (κ1) is 12.1. The predicted octanol–water partition coefficient (Wildman–Crippen LogP) is 2.32. The fraction of sp³-hybridized carbons (Fsp3) is 0.571. The molecule has 3 nitrogen and oxygen atoms in total. The number of nitrogens with one attached hydrogen (secondary N) is 1. The molecular formula is C14H20N2O. The third-order valence-corrected chi connectivity index (χ3v) is 3.68. The van der Waals surface area contributed by atoms with Gasteiger partial charge in [0.25, 0.3) is 0 Å². The van der Waals surface area contributed by atoms with Gasteiger partial charge in [-0.1, -0.05) is 20.8 Å². The number of pyridine rings is 1. The van der Waals surface area contributed by atoms with Gasteiger partial charge in [0.2, 0.25) is 5.91 Å². The van der Waals surface area contributed by atoms with E-state index in [1.165, 1.54) is 0 Å². The average Bonchev–Trinajstić information content (AvgIpc) is 2.99. The fourth-order valence-electron chi connectivity index (χ4n) is 2.18. The summed E-state index contributed by atoms with van der Waals surface area (Å²) in [5.74, 6) is 0.114. The largest absolute Gasteiger partial charge is 0.350 e. The van der Waals surface area contributed by atoms with Crippen molar-refractivity contribution in [3.05, 3.63) is 30.1 Å². The molecule has 0 saturated heterocycles. The van der Waals surface area contributed by atoms with E-state index in [9.17, 15) is 4.79 Å². The monoisotopic (exact) mass is 232 g/mol. The third kappa shape index (κ3) is 2.65. The van der Waals surface area contributed by atoms with Gasteiger partial charge in [0.1, 0.15) is 0 Å². The van der Waals surface area contributed by atoms with E-state index in [4.69, 9.17) is 0 Å². The Morgan fingerprint density at radius 1 is 1.35 bits per heavy atom. The van der Waals surface area contributed by atoms with Crippen LogP contribution in [0, 0.1) is 5.41 Å². The molecular weight excluding hydrogens is 212 g/mol. The van der Waals surface area contributed by atoms with Crippen LogP contribution in [0.4, 0.5) is 0 Å². The SMILES string of the molecule is CC(C)(C)C1(NC(=O)Cc2ccncc2)CC1. The molecule has 1 aliphatic rings. The fourth-order valence-corrected chi connectivity index (χ4v) is 2.18.